The Morgan fingerprint density at radius 1 is 1.18 bits per heavy atom. The maximum Gasteiger partial charge on any atom is 0.239 e. The van der Waals surface area contributed by atoms with E-state index in [1.807, 2.05) is 37.3 Å². The van der Waals surface area contributed by atoms with E-state index in [4.69, 9.17) is 5.10 Å². The smallest absolute Gasteiger partial charge is 0.239 e. The van der Waals surface area contributed by atoms with Crippen LogP contribution >= 0.6 is 11.8 Å². The Balaban J connectivity index is 1.27. The summed E-state index contributed by atoms with van der Waals surface area (Å²) in [7, 11) is 2.04. The molecule has 0 aromatic carbocycles. The molecular formula is C28H29FN8OS. The molecule has 2 saturated heterocycles. The Labute approximate surface area is 230 Å². The third-order valence-corrected chi connectivity index (χ3v) is 8.94. The molecule has 9 nitrogen and oxygen atoms in total. The molecule has 6 heterocycles. The lowest BCUT2D eigenvalue weighted by molar-refractivity contribution is -0.136. The fraction of sp³-hybridized carbons (Fsp3) is 0.393. The summed E-state index contributed by atoms with van der Waals surface area (Å²) < 4.78 is 18.2. The van der Waals surface area contributed by atoms with Crippen molar-refractivity contribution in [2.24, 2.45) is 0 Å². The van der Waals surface area contributed by atoms with Gasteiger partial charge < -0.3 is 4.90 Å². The Kier molecular flexibility index (Phi) is 6.83. The molecule has 11 heteroatoms. The Morgan fingerprint density at radius 2 is 2.00 bits per heavy atom. The van der Waals surface area contributed by atoms with E-state index in [2.05, 4.69) is 25.7 Å². The monoisotopic (exact) mass is 544 g/mol. The zero-order chi connectivity index (χ0) is 27.1. The van der Waals surface area contributed by atoms with E-state index in [9.17, 15) is 14.4 Å². The second kappa shape index (κ2) is 10.4. The van der Waals surface area contributed by atoms with Crippen molar-refractivity contribution in [1.29, 1.82) is 5.26 Å². The van der Waals surface area contributed by atoms with Crippen LogP contribution in [0.5, 0.6) is 0 Å². The number of amides is 1. The van der Waals surface area contributed by atoms with Gasteiger partial charge in [0.25, 0.3) is 0 Å². The number of halogens is 1. The van der Waals surface area contributed by atoms with Crippen LogP contribution in [0.1, 0.15) is 43.0 Å². The van der Waals surface area contributed by atoms with Gasteiger partial charge in [-0.15, -0.1) is 0 Å². The summed E-state index contributed by atoms with van der Waals surface area (Å²) in [5, 5.41) is 19.0. The number of pyridine rings is 2. The summed E-state index contributed by atoms with van der Waals surface area (Å²) in [5.41, 5.74) is 3.86. The number of aromatic nitrogens is 5. The van der Waals surface area contributed by atoms with Gasteiger partial charge in [0.2, 0.25) is 5.91 Å². The van der Waals surface area contributed by atoms with Gasteiger partial charge in [-0.25, -0.2) is 13.9 Å². The van der Waals surface area contributed by atoms with E-state index >= 15 is 0 Å². The Bertz CT molecular complexity index is 1580. The van der Waals surface area contributed by atoms with Crippen LogP contribution in [0, 0.1) is 24.1 Å². The van der Waals surface area contributed by atoms with Crippen molar-refractivity contribution in [1.82, 2.24) is 34.2 Å². The summed E-state index contributed by atoms with van der Waals surface area (Å²) in [6.07, 6.45) is 10.5. The van der Waals surface area contributed by atoms with E-state index in [-0.39, 0.29) is 23.0 Å². The average molecular weight is 545 g/mol. The van der Waals surface area contributed by atoms with Crippen LogP contribution < -0.4 is 0 Å². The normalized spacial score (nSPS) is 18.6. The van der Waals surface area contributed by atoms with E-state index in [0.29, 0.717) is 16.0 Å². The molecule has 4 aromatic rings. The molecule has 2 aliphatic rings. The molecule has 6 rings (SSSR count). The first-order valence-electron chi connectivity index (χ1n) is 13.2. The molecule has 4 aromatic heterocycles. The lowest BCUT2D eigenvalue weighted by Gasteiger charge is -2.35. The lowest BCUT2D eigenvalue weighted by atomic mass is 10.0. The van der Waals surface area contributed by atoms with E-state index in [0.717, 1.165) is 62.1 Å². The highest BCUT2D eigenvalue weighted by molar-refractivity contribution is 7.99. The number of carbonyl (C=O) groups is 1. The fourth-order valence-corrected chi connectivity index (χ4v) is 6.75. The van der Waals surface area contributed by atoms with Gasteiger partial charge in [0.05, 0.1) is 35.6 Å². The summed E-state index contributed by atoms with van der Waals surface area (Å²) in [5.74, 6) is -0.164. The molecule has 2 fully saturated rings. The van der Waals surface area contributed by atoms with Crippen LogP contribution in [-0.4, -0.2) is 72.8 Å². The van der Waals surface area contributed by atoms with Crippen LogP contribution in [0.15, 0.2) is 52.9 Å². The van der Waals surface area contributed by atoms with E-state index in [1.54, 1.807) is 16.8 Å². The SMILES string of the molecule is Cc1c(-c2cc(Sc3ncccc3F)c3c(C#N)cnn3c2)cnn1C1CCN(C(=O)[C@@H]2CCCN2C)CC1. The number of piperidine rings is 1. The number of nitriles is 1. The van der Waals surface area contributed by atoms with Crippen molar-refractivity contribution in [3.8, 4) is 17.2 Å². The van der Waals surface area contributed by atoms with Gasteiger partial charge in [0.15, 0.2) is 5.82 Å². The molecule has 0 saturated carbocycles. The van der Waals surface area contributed by atoms with Crippen molar-refractivity contribution in [2.75, 3.05) is 26.7 Å². The number of likely N-dealkylation sites (N-methyl/N-ethyl adjacent to an activating group) is 1. The number of fused-ring (bicyclic) bond motifs is 1. The number of hydrogen-bond donors (Lipinski definition) is 0. The van der Waals surface area contributed by atoms with Crippen molar-refractivity contribution < 1.29 is 9.18 Å². The van der Waals surface area contributed by atoms with Crippen molar-refractivity contribution in [2.45, 2.75) is 54.6 Å². The predicted molar refractivity (Wildman–Crippen MR) is 145 cm³/mol. The first-order valence-corrected chi connectivity index (χ1v) is 14.0. The molecule has 0 N–H and O–H groups in total. The zero-order valence-electron chi connectivity index (χ0n) is 21.9. The van der Waals surface area contributed by atoms with Crippen LogP contribution in [-0.2, 0) is 4.79 Å². The van der Waals surface area contributed by atoms with Crippen molar-refractivity contribution >= 4 is 23.2 Å². The van der Waals surface area contributed by atoms with Gasteiger partial charge in [-0.1, -0.05) is 11.8 Å². The molecule has 0 bridgehead atoms. The van der Waals surface area contributed by atoms with E-state index in [1.165, 1.54) is 24.0 Å². The van der Waals surface area contributed by atoms with Gasteiger partial charge >= 0.3 is 0 Å². The molecule has 0 radical (unpaired) electrons. The van der Waals surface area contributed by atoms with Crippen molar-refractivity contribution in [3.05, 3.63) is 60.1 Å². The molecule has 0 spiro atoms. The summed E-state index contributed by atoms with van der Waals surface area (Å²) in [6.45, 7) is 4.50. The molecule has 0 unspecified atom stereocenters. The van der Waals surface area contributed by atoms with Crippen LogP contribution in [0.3, 0.4) is 0 Å². The van der Waals surface area contributed by atoms with Gasteiger partial charge in [-0.3, -0.25) is 14.4 Å². The molecule has 39 heavy (non-hydrogen) atoms. The molecule has 200 valence electrons. The van der Waals surface area contributed by atoms with Crippen LogP contribution in [0.4, 0.5) is 4.39 Å². The number of nitrogens with zero attached hydrogens (tertiary/aromatic N) is 8. The van der Waals surface area contributed by atoms with Crippen molar-refractivity contribution in [3.63, 3.8) is 0 Å². The summed E-state index contributed by atoms with van der Waals surface area (Å²) in [4.78, 5) is 22.1. The predicted octanol–water partition coefficient (Wildman–Crippen LogP) is 4.32. The first-order chi connectivity index (χ1) is 18.9. The number of carbonyl (C=O) groups excluding carboxylic acids is 1. The first kappa shape index (κ1) is 25.5. The molecule has 2 aliphatic heterocycles. The highest BCUT2D eigenvalue weighted by Crippen LogP contribution is 2.37. The van der Waals surface area contributed by atoms with Gasteiger partial charge in [0, 0.05) is 47.2 Å². The highest BCUT2D eigenvalue weighted by atomic mass is 32.2. The average Bonchev–Trinajstić information content (AvgIpc) is 3.67. The third kappa shape index (κ3) is 4.68. The largest absolute Gasteiger partial charge is 0.341 e. The fourth-order valence-electron chi connectivity index (χ4n) is 5.78. The maximum atomic E-state index is 14.5. The Morgan fingerprint density at radius 3 is 2.72 bits per heavy atom. The third-order valence-electron chi connectivity index (χ3n) is 7.91. The number of likely N-dealkylation sites (tertiary alicyclic amines) is 2. The van der Waals surface area contributed by atoms with Gasteiger partial charge in [0.1, 0.15) is 11.1 Å². The standard InChI is InChI=1S/C28H29FN8OS/c1-18-22(16-33-37(18)21-7-11-35(12-8-21)28(38)24-6-4-10-34(24)2)19-13-25(39-27-23(29)5-3-9-31-27)26-20(14-30)15-32-36(26)17-19/h3,5,9,13,15-17,21,24H,4,6-8,10-12H2,1-2H3/t24-/m0/s1. The molecule has 1 atom stereocenters. The maximum absolute atomic E-state index is 14.5. The molecule has 1 amide bonds. The quantitative estimate of drug-likeness (QED) is 0.369. The second-order valence-electron chi connectivity index (χ2n) is 10.2. The highest BCUT2D eigenvalue weighted by Gasteiger charge is 2.34. The number of hydrogen-bond acceptors (Lipinski definition) is 7. The minimum atomic E-state index is -0.419. The van der Waals surface area contributed by atoms with Crippen LogP contribution in [0.2, 0.25) is 0 Å². The lowest BCUT2D eigenvalue weighted by Crippen LogP contribution is -2.47. The minimum absolute atomic E-state index is 0.0185. The molecular weight excluding hydrogens is 515 g/mol. The van der Waals surface area contributed by atoms with Gasteiger partial charge in [-0.2, -0.15) is 15.5 Å². The molecule has 0 aliphatic carbocycles. The minimum Gasteiger partial charge on any atom is -0.341 e. The summed E-state index contributed by atoms with van der Waals surface area (Å²) in [6, 6.07) is 7.28. The van der Waals surface area contributed by atoms with Gasteiger partial charge in [-0.05, 0) is 64.4 Å². The zero-order valence-corrected chi connectivity index (χ0v) is 22.7. The second-order valence-corrected chi connectivity index (χ2v) is 11.3. The van der Waals surface area contributed by atoms with E-state index < -0.39 is 5.82 Å². The van der Waals surface area contributed by atoms with Crippen LogP contribution in [0.25, 0.3) is 16.6 Å². The number of rotatable bonds is 5. The Hall–Kier alpha value is -3.75. The summed E-state index contributed by atoms with van der Waals surface area (Å²) >= 11 is 1.17. The topological polar surface area (TPSA) is 95.4 Å².